The van der Waals surface area contributed by atoms with Gasteiger partial charge in [-0.3, -0.25) is 5.43 Å². The zero-order valence-electron chi connectivity index (χ0n) is 18.2. The highest BCUT2D eigenvalue weighted by Crippen LogP contribution is 2.25. The summed E-state index contributed by atoms with van der Waals surface area (Å²) >= 11 is 5.35. The number of hydrogen-bond donors (Lipinski definition) is 2. The van der Waals surface area contributed by atoms with Gasteiger partial charge in [0.05, 0.1) is 26.1 Å². The Morgan fingerprint density at radius 2 is 1.55 bits per heavy atom. The van der Waals surface area contributed by atoms with E-state index in [2.05, 4.69) is 15.8 Å². The number of aromatic nitrogens is 2. The van der Waals surface area contributed by atoms with Crippen LogP contribution in [0.5, 0.6) is 11.5 Å². The van der Waals surface area contributed by atoms with Crippen molar-refractivity contribution in [2.24, 2.45) is 5.10 Å². The molecule has 3 aromatic carbocycles. The Balaban J connectivity index is 1.53. The molecule has 1 aromatic heterocycles. The van der Waals surface area contributed by atoms with Crippen LogP contribution in [0.4, 0.5) is 5.69 Å². The van der Waals surface area contributed by atoms with Crippen molar-refractivity contribution < 1.29 is 9.47 Å². The first kappa shape index (κ1) is 22.0. The largest absolute Gasteiger partial charge is 0.497 e. The second kappa shape index (κ2) is 10.4. The number of methoxy groups -OCH3 is 2. The van der Waals surface area contributed by atoms with E-state index in [1.165, 1.54) is 0 Å². The number of rotatable bonds is 7. The lowest BCUT2D eigenvalue weighted by atomic mass is 10.1. The average molecular weight is 458 g/mol. The molecule has 0 amide bonds. The molecule has 0 atom stereocenters. The molecule has 0 aliphatic rings. The van der Waals surface area contributed by atoms with E-state index >= 15 is 0 Å². The Hall–Kier alpha value is -4.17. The van der Waals surface area contributed by atoms with Crippen molar-refractivity contribution in [1.82, 2.24) is 15.2 Å². The highest BCUT2D eigenvalue weighted by Gasteiger charge is 2.11. The van der Waals surface area contributed by atoms with Crippen LogP contribution in [-0.2, 0) is 0 Å². The number of hydrogen-bond acceptors (Lipinski definition) is 5. The smallest absolute Gasteiger partial charge is 0.191 e. The summed E-state index contributed by atoms with van der Waals surface area (Å²) in [7, 11) is 3.27. The minimum Gasteiger partial charge on any atom is -0.497 e. The maximum absolute atomic E-state index is 5.35. The fourth-order valence-corrected chi connectivity index (χ4v) is 3.33. The summed E-state index contributed by atoms with van der Waals surface area (Å²) in [5.74, 6) is 1.56. The first-order chi connectivity index (χ1) is 16.2. The molecule has 0 aliphatic heterocycles. The van der Waals surface area contributed by atoms with Gasteiger partial charge in [-0.05, 0) is 72.9 Å². The number of nitrogens with zero attached hydrogens (tertiary/aromatic N) is 3. The van der Waals surface area contributed by atoms with Crippen molar-refractivity contribution in [3.8, 4) is 28.4 Å². The lowest BCUT2D eigenvalue weighted by molar-refractivity contribution is 0.415. The van der Waals surface area contributed by atoms with Crippen LogP contribution in [0.1, 0.15) is 5.56 Å². The average Bonchev–Trinajstić information content (AvgIpc) is 3.29. The molecule has 0 unspecified atom stereocenters. The van der Waals surface area contributed by atoms with E-state index in [0.717, 1.165) is 39.7 Å². The van der Waals surface area contributed by atoms with E-state index in [1.54, 1.807) is 20.4 Å². The van der Waals surface area contributed by atoms with E-state index in [4.69, 9.17) is 26.8 Å². The maximum atomic E-state index is 5.35. The van der Waals surface area contributed by atoms with Crippen molar-refractivity contribution in [1.29, 1.82) is 0 Å². The molecule has 8 heteroatoms. The Kier molecular flexibility index (Phi) is 6.96. The van der Waals surface area contributed by atoms with Gasteiger partial charge in [0.25, 0.3) is 0 Å². The van der Waals surface area contributed by atoms with Crippen LogP contribution in [0.15, 0.2) is 90.2 Å². The van der Waals surface area contributed by atoms with E-state index in [9.17, 15) is 0 Å². The van der Waals surface area contributed by atoms with Crippen LogP contribution < -0.4 is 20.2 Å². The van der Waals surface area contributed by atoms with Gasteiger partial charge in [0, 0.05) is 23.0 Å². The molecule has 33 heavy (non-hydrogen) atoms. The van der Waals surface area contributed by atoms with Crippen LogP contribution in [0.25, 0.3) is 16.9 Å². The SMILES string of the molecule is COc1ccc(NC(=S)N/N=C\c2cn(-c3ccccc3)nc2-c2ccc(OC)cc2)cc1. The van der Waals surface area contributed by atoms with E-state index in [1.807, 2.05) is 89.7 Å². The number of ether oxygens (including phenoxy) is 2. The zero-order chi connectivity index (χ0) is 23.0. The second-order valence-electron chi connectivity index (χ2n) is 6.99. The van der Waals surface area contributed by atoms with Crippen LogP contribution >= 0.6 is 12.2 Å². The third-order valence-corrected chi connectivity index (χ3v) is 5.04. The van der Waals surface area contributed by atoms with Crippen LogP contribution in [0.3, 0.4) is 0 Å². The minimum absolute atomic E-state index is 0.373. The van der Waals surface area contributed by atoms with Crippen molar-refractivity contribution >= 4 is 29.2 Å². The predicted molar refractivity (Wildman–Crippen MR) is 135 cm³/mol. The quantitative estimate of drug-likeness (QED) is 0.234. The van der Waals surface area contributed by atoms with Crippen LogP contribution in [0, 0.1) is 0 Å². The van der Waals surface area contributed by atoms with Crippen LogP contribution in [0.2, 0.25) is 0 Å². The van der Waals surface area contributed by atoms with E-state index in [-0.39, 0.29) is 0 Å². The Bertz CT molecular complexity index is 1240. The number of nitrogens with one attached hydrogen (secondary N) is 2. The molecule has 7 nitrogen and oxygen atoms in total. The van der Waals surface area contributed by atoms with E-state index in [0.29, 0.717) is 5.11 Å². The zero-order valence-corrected chi connectivity index (χ0v) is 19.0. The van der Waals surface area contributed by atoms with E-state index < -0.39 is 0 Å². The second-order valence-corrected chi connectivity index (χ2v) is 7.40. The highest BCUT2D eigenvalue weighted by atomic mass is 32.1. The molecule has 0 aliphatic carbocycles. The van der Waals surface area contributed by atoms with Gasteiger partial charge in [-0.1, -0.05) is 18.2 Å². The molecule has 0 bridgehead atoms. The molecule has 0 fully saturated rings. The van der Waals surface area contributed by atoms with Crippen molar-refractivity contribution in [2.75, 3.05) is 19.5 Å². The van der Waals surface area contributed by atoms with Gasteiger partial charge in [-0.25, -0.2) is 4.68 Å². The fourth-order valence-electron chi connectivity index (χ4n) is 3.16. The van der Waals surface area contributed by atoms with Gasteiger partial charge in [-0.2, -0.15) is 10.2 Å². The third kappa shape index (κ3) is 5.55. The monoisotopic (exact) mass is 457 g/mol. The van der Waals surface area contributed by atoms with Crippen molar-refractivity contribution in [3.63, 3.8) is 0 Å². The molecule has 166 valence electrons. The normalized spacial score (nSPS) is 10.7. The molecule has 0 saturated heterocycles. The number of thiocarbonyl (C=S) groups is 1. The molecule has 2 N–H and O–H groups in total. The Morgan fingerprint density at radius 3 is 2.18 bits per heavy atom. The lowest BCUT2D eigenvalue weighted by Gasteiger charge is -2.07. The topological polar surface area (TPSA) is 72.7 Å². The van der Waals surface area contributed by atoms with Gasteiger partial charge in [0.1, 0.15) is 17.2 Å². The Labute approximate surface area is 197 Å². The lowest BCUT2D eigenvalue weighted by Crippen LogP contribution is -2.23. The number of hydrazone groups is 1. The minimum atomic E-state index is 0.373. The van der Waals surface area contributed by atoms with Gasteiger partial charge >= 0.3 is 0 Å². The molecule has 0 saturated carbocycles. The number of para-hydroxylation sites is 1. The van der Waals surface area contributed by atoms with Gasteiger partial charge in [-0.15, -0.1) is 0 Å². The number of benzene rings is 3. The van der Waals surface area contributed by atoms with Crippen molar-refractivity contribution in [3.05, 3.63) is 90.6 Å². The molecule has 0 radical (unpaired) electrons. The molecule has 0 spiro atoms. The summed E-state index contributed by atoms with van der Waals surface area (Å²) in [6.45, 7) is 0. The van der Waals surface area contributed by atoms with Crippen LogP contribution in [-0.4, -0.2) is 35.3 Å². The van der Waals surface area contributed by atoms with Crippen molar-refractivity contribution in [2.45, 2.75) is 0 Å². The summed E-state index contributed by atoms with van der Waals surface area (Å²) in [4.78, 5) is 0. The first-order valence-corrected chi connectivity index (χ1v) is 10.6. The molecular weight excluding hydrogens is 434 g/mol. The summed E-state index contributed by atoms with van der Waals surface area (Å²) in [5.41, 5.74) is 7.22. The molecule has 1 heterocycles. The summed E-state index contributed by atoms with van der Waals surface area (Å²) in [6.07, 6.45) is 3.63. The number of anilines is 1. The summed E-state index contributed by atoms with van der Waals surface area (Å²) < 4.78 is 12.3. The molecule has 4 aromatic rings. The molecule has 4 rings (SSSR count). The first-order valence-electron chi connectivity index (χ1n) is 10.2. The predicted octanol–water partition coefficient (Wildman–Crippen LogP) is 4.88. The standard InChI is InChI=1S/C25H23N5O2S/c1-31-22-12-8-18(9-13-22)24-19(17-30(29-24)21-6-4-3-5-7-21)16-26-28-25(33)27-20-10-14-23(32-2)15-11-20/h3-17H,1-2H3,(H2,27,28,33)/b26-16-. The van der Waals surface area contributed by atoms with Gasteiger partial charge < -0.3 is 14.8 Å². The molecular formula is C25H23N5O2S. The Morgan fingerprint density at radius 1 is 0.909 bits per heavy atom. The summed E-state index contributed by atoms with van der Waals surface area (Å²) in [6, 6.07) is 25.1. The highest BCUT2D eigenvalue weighted by molar-refractivity contribution is 7.80. The summed E-state index contributed by atoms with van der Waals surface area (Å²) in [5, 5.41) is 12.6. The third-order valence-electron chi connectivity index (χ3n) is 4.84. The fraction of sp³-hybridized carbons (Fsp3) is 0.0800. The van der Waals surface area contributed by atoms with Gasteiger partial charge in [0.2, 0.25) is 0 Å². The maximum Gasteiger partial charge on any atom is 0.191 e. The van der Waals surface area contributed by atoms with Gasteiger partial charge in [0.15, 0.2) is 5.11 Å².